The molecule has 1 saturated heterocycles. The Morgan fingerprint density at radius 2 is 2.35 bits per heavy atom. The van der Waals surface area contributed by atoms with Crippen molar-refractivity contribution >= 4 is 21.6 Å². The largest absolute Gasteiger partial charge is 0.392 e. The molecule has 0 amide bonds. The third kappa shape index (κ3) is 2.99. The minimum atomic E-state index is -0.218. The van der Waals surface area contributed by atoms with E-state index < -0.39 is 0 Å². The summed E-state index contributed by atoms with van der Waals surface area (Å²) in [5, 5.41) is 16.8. The Morgan fingerprint density at radius 1 is 1.43 bits per heavy atom. The van der Waals surface area contributed by atoms with E-state index in [2.05, 4.69) is 26.1 Å². The zero-order chi connectivity index (χ0) is 15.8. The van der Waals surface area contributed by atoms with Crippen LogP contribution in [0.2, 0.25) is 0 Å². The lowest BCUT2D eigenvalue weighted by Crippen LogP contribution is -2.38. The zero-order valence-corrected chi connectivity index (χ0v) is 13.8. The molecule has 1 fully saturated rings. The van der Waals surface area contributed by atoms with Gasteiger partial charge in [0.15, 0.2) is 0 Å². The van der Waals surface area contributed by atoms with Gasteiger partial charge < -0.3 is 5.11 Å². The zero-order valence-electron chi connectivity index (χ0n) is 13.0. The van der Waals surface area contributed by atoms with E-state index in [1.54, 1.807) is 11.3 Å². The quantitative estimate of drug-likeness (QED) is 0.771. The van der Waals surface area contributed by atoms with E-state index in [1.807, 2.05) is 19.3 Å². The van der Waals surface area contributed by atoms with Crippen molar-refractivity contribution in [1.29, 1.82) is 0 Å². The Kier molecular flexibility index (Phi) is 3.84. The van der Waals surface area contributed by atoms with Crippen LogP contribution in [0.15, 0.2) is 18.5 Å². The van der Waals surface area contributed by atoms with Crippen molar-refractivity contribution in [2.75, 3.05) is 13.1 Å². The Bertz CT molecular complexity index is 827. The van der Waals surface area contributed by atoms with Crippen molar-refractivity contribution in [3.05, 3.63) is 30.0 Å². The van der Waals surface area contributed by atoms with Gasteiger partial charge in [0.25, 0.3) is 0 Å². The molecular formula is C16H19N5OS. The predicted octanol–water partition coefficient (Wildman–Crippen LogP) is 2.35. The number of β-amino-alcohol motifs (C(OH)–C–C–N with tert-alkyl or cyclic N) is 1. The summed E-state index contributed by atoms with van der Waals surface area (Å²) in [7, 11) is 0. The summed E-state index contributed by atoms with van der Waals surface area (Å²) in [6, 6.07) is 2.11. The van der Waals surface area contributed by atoms with Gasteiger partial charge in [-0.2, -0.15) is 5.10 Å². The molecule has 1 aliphatic rings. The molecule has 1 unspecified atom stereocenters. The molecule has 0 bridgehead atoms. The molecule has 3 aromatic heterocycles. The summed E-state index contributed by atoms with van der Waals surface area (Å²) in [5.41, 5.74) is 3.16. The first kappa shape index (κ1) is 14.7. The highest BCUT2D eigenvalue weighted by molar-refractivity contribution is 7.22. The van der Waals surface area contributed by atoms with Gasteiger partial charge in [0.05, 0.1) is 29.1 Å². The lowest BCUT2D eigenvalue weighted by molar-refractivity contribution is 0.0656. The van der Waals surface area contributed by atoms with E-state index in [9.17, 15) is 5.11 Å². The molecule has 120 valence electrons. The van der Waals surface area contributed by atoms with E-state index in [-0.39, 0.29) is 6.10 Å². The molecule has 6 nitrogen and oxygen atoms in total. The number of aryl methyl sites for hydroxylation is 1. The Balaban J connectivity index is 1.59. The van der Waals surface area contributed by atoms with Crippen molar-refractivity contribution in [1.82, 2.24) is 25.1 Å². The van der Waals surface area contributed by atoms with Crippen LogP contribution in [-0.2, 0) is 6.54 Å². The van der Waals surface area contributed by atoms with Gasteiger partial charge in [-0.3, -0.25) is 10.00 Å². The number of fused-ring (bicyclic) bond motifs is 1. The summed E-state index contributed by atoms with van der Waals surface area (Å²) in [6.07, 6.45) is 5.47. The molecule has 3 aromatic rings. The van der Waals surface area contributed by atoms with Crippen LogP contribution >= 0.6 is 11.3 Å². The number of aromatic amines is 1. The fraction of sp³-hybridized carbons (Fsp3) is 0.438. The fourth-order valence-corrected chi connectivity index (χ4v) is 4.10. The number of likely N-dealkylation sites (tertiary alicyclic amines) is 1. The number of thiophene rings is 1. The van der Waals surface area contributed by atoms with Crippen LogP contribution in [0.1, 0.15) is 24.4 Å². The van der Waals surface area contributed by atoms with Crippen molar-refractivity contribution < 1.29 is 5.11 Å². The summed E-state index contributed by atoms with van der Waals surface area (Å²) in [4.78, 5) is 12.6. The van der Waals surface area contributed by atoms with Gasteiger partial charge in [0.2, 0.25) is 0 Å². The fourth-order valence-electron chi connectivity index (χ4n) is 3.06. The second kappa shape index (κ2) is 5.99. The molecule has 7 heteroatoms. The summed E-state index contributed by atoms with van der Waals surface area (Å²) in [5.74, 6) is 0.819. The van der Waals surface area contributed by atoms with Crippen LogP contribution in [0.25, 0.3) is 20.7 Å². The highest BCUT2D eigenvalue weighted by atomic mass is 32.1. The van der Waals surface area contributed by atoms with E-state index >= 15 is 0 Å². The number of aliphatic hydroxyl groups is 1. The van der Waals surface area contributed by atoms with Crippen molar-refractivity contribution in [3.8, 4) is 10.4 Å². The molecule has 4 rings (SSSR count). The molecule has 23 heavy (non-hydrogen) atoms. The standard InChI is InChI=1S/C16H19N5OS/c1-10-12(6-18-20-10)14-5-13-15(23-14)7-17-16(19-13)9-21-4-2-3-11(22)8-21/h5-7,11,22H,2-4,8-9H2,1H3,(H,18,20). The minimum absolute atomic E-state index is 0.218. The van der Waals surface area contributed by atoms with Gasteiger partial charge in [-0.05, 0) is 32.4 Å². The predicted molar refractivity (Wildman–Crippen MR) is 90.3 cm³/mol. The number of H-pyrrole nitrogens is 1. The van der Waals surface area contributed by atoms with Crippen molar-refractivity contribution in [2.45, 2.75) is 32.4 Å². The van der Waals surface area contributed by atoms with E-state index in [4.69, 9.17) is 4.98 Å². The molecule has 0 saturated carbocycles. The highest BCUT2D eigenvalue weighted by Gasteiger charge is 2.19. The van der Waals surface area contributed by atoms with Gasteiger partial charge >= 0.3 is 0 Å². The molecule has 0 aromatic carbocycles. The second-order valence-electron chi connectivity index (χ2n) is 6.09. The van der Waals surface area contributed by atoms with E-state index in [0.29, 0.717) is 13.1 Å². The number of rotatable bonds is 3. The topological polar surface area (TPSA) is 77.9 Å². The average Bonchev–Trinajstić information content (AvgIpc) is 3.12. The number of piperidine rings is 1. The van der Waals surface area contributed by atoms with E-state index in [1.165, 1.54) is 0 Å². The van der Waals surface area contributed by atoms with Crippen LogP contribution in [0, 0.1) is 6.92 Å². The van der Waals surface area contributed by atoms with Crippen LogP contribution in [0.3, 0.4) is 0 Å². The second-order valence-corrected chi connectivity index (χ2v) is 7.17. The van der Waals surface area contributed by atoms with Crippen LogP contribution in [-0.4, -0.2) is 49.4 Å². The highest BCUT2D eigenvalue weighted by Crippen LogP contribution is 2.33. The molecule has 2 N–H and O–H groups in total. The Morgan fingerprint density at radius 3 is 3.13 bits per heavy atom. The number of nitrogens with one attached hydrogen (secondary N) is 1. The van der Waals surface area contributed by atoms with Crippen molar-refractivity contribution in [2.24, 2.45) is 0 Å². The smallest absolute Gasteiger partial charge is 0.143 e. The van der Waals surface area contributed by atoms with Crippen LogP contribution in [0.5, 0.6) is 0 Å². The SMILES string of the molecule is Cc1[nH]ncc1-c1cc2nc(CN3CCCC(O)C3)ncc2s1. The lowest BCUT2D eigenvalue weighted by Gasteiger charge is -2.29. The molecule has 0 radical (unpaired) electrons. The third-order valence-electron chi connectivity index (χ3n) is 4.26. The Labute approximate surface area is 138 Å². The maximum absolute atomic E-state index is 9.77. The molecule has 1 aliphatic heterocycles. The van der Waals surface area contributed by atoms with Crippen molar-refractivity contribution in [3.63, 3.8) is 0 Å². The maximum atomic E-state index is 9.77. The first-order valence-electron chi connectivity index (χ1n) is 7.85. The van der Waals surface area contributed by atoms with Gasteiger partial charge in [0, 0.05) is 28.9 Å². The van der Waals surface area contributed by atoms with E-state index in [0.717, 1.165) is 51.6 Å². The van der Waals surface area contributed by atoms with Crippen LogP contribution < -0.4 is 0 Å². The van der Waals surface area contributed by atoms with Gasteiger partial charge in [-0.15, -0.1) is 11.3 Å². The molecular weight excluding hydrogens is 310 g/mol. The molecule has 4 heterocycles. The van der Waals surface area contributed by atoms with Gasteiger partial charge in [-0.1, -0.05) is 0 Å². The molecule has 0 spiro atoms. The summed E-state index contributed by atoms with van der Waals surface area (Å²) >= 11 is 1.69. The lowest BCUT2D eigenvalue weighted by atomic mass is 10.1. The van der Waals surface area contributed by atoms with Crippen LogP contribution in [0.4, 0.5) is 0 Å². The van der Waals surface area contributed by atoms with Gasteiger partial charge in [-0.25, -0.2) is 9.97 Å². The summed E-state index contributed by atoms with van der Waals surface area (Å²) in [6.45, 7) is 4.43. The molecule has 0 aliphatic carbocycles. The number of aromatic nitrogens is 4. The normalized spacial score (nSPS) is 19.5. The number of hydrogen-bond donors (Lipinski definition) is 2. The minimum Gasteiger partial charge on any atom is -0.392 e. The summed E-state index contributed by atoms with van der Waals surface area (Å²) < 4.78 is 1.09. The molecule has 1 atom stereocenters. The van der Waals surface area contributed by atoms with Gasteiger partial charge in [0.1, 0.15) is 5.82 Å². The third-order valence-corrected chi connectivity index (χ3v) is 5.35. The number of aliphatic hydroxyl groups excluding tert-OH is 1. The first-order valence-corrected chi connectivity index (χ1v) is 8.67. The number of nitrogens with zero attached hydrogens (tertiary/aromatic N) is 4. The Hall–Kier alpha value is -1.83. The maximum Gasteiger partial charge on any atom is 0.143 e. The first-order chi connectivity index (χ1) is 11.2. The average molecular weight is 329 g/mol. The number of hydrogen-bond acceptors (Lipinski definition) is 6. The monoisotopic (exact) mass is 329 g/mol.